The summed E-state index contributed by atoms with van der Waals surface area (Å²) in [6, 6.07) is 8.05. The van der Waals surface area contributed by atoms with Crippen molar-refractivity contribution in [3.05, 3.63) is 75.6 Å². The Morgan fingerprint density at radius 1 is 0.854 bits per heavy atom. The van der Waals surface area contributed by atoms with Crippen LogP contribution in [0.15, 0.2) is 43.2 Å². The first kappa shape index (κ1) is 28.4. The highest BCUT2D eigenvalue weighted by Crippen LogP contribution is 2.24. The molecule has 41 heavy (non-hydrogen) atoms. The Labute approximate surface area is 246 Å². The number of benzene rings is 1. The molecule has 2 N–H and O–H groups in total. The van der Waals surface area contributed by atoms with Crippen molar-refractivity contribution in [2.24, 2.45) is 14.1 Å². The molecule has 5 rings (SSSR count). The van der Waals surface area contributed by atoms with E-state index in [1.807, 2.05) is 66.8 Å². The third kappa shape index (κ3) is 6.77. The summed E-state index contributed by atoms with van der Waals surface area (Å²) in [7, 11) is 3.94. The third-order valence-electron chi connectivity index (χ3n) is 6.96. The number of rotatable bonds is 12. The van der Waals surface area contributed by atoms with E-state index in [9.17, 15) is 9.59 Å². The predicted molar refractivity (Wildman–Crippen MR) is 164 cm³/mol. The van der Waals surface area contributed by atoms with Crippen molar-refractivity contribution in [2.75, 3.05) is 10.6 Å². The standard InChI is InChI=1S/C29H32N8O2S2/c1-5-21-18(2)36(3)16-19(21)14-24(38)30-28-34-32-26(40-28)12-8-9-13-27-33-35-29(41-27)31-25(39)15-20-17-37(4)23-11-7-6-10-22(20)23/h5-7,10-11,16-17H,1,8-9,12-15H2,2-4H3,(H,30,34,38)(H,31,35,39). The first-order valence-corrected chi connectivity index (χ1v) is 15.0. The Morgan fingerprint density at radius 3 is 2.02 bits per heavy atom. The first-order chi connectivity index (χ1) is 19.8. The molecule has 4 aromatic heterocycles. The number of nitrogens with zero attached hydrogens (tertiary/aromatic N) is 6. The maximum Gasteiger partial charge on any atom is 0.230 e. The predicted octanol–water partition coefficient (Wildman–Crippen LogP) is 5.10. The molecule has 2 amide bonds. The number of amides is 2. The van der Waals surface area contributed by atoms with Gasteiger partial charge in [-0.2, -0.15) is 0 Å². The highest BCUT2D eigenvalue weighted by Gasteiger charge is 2.15. The second-order valence-electron chi connectivity index (χ2n) is 9.91. The number of hydrogen-bond acceptors (Lipinski definition) is 8. The number of aryl methyl sites for hydroxylation is 4. The molecule has 0 saturated heterocycles. The van der Waals surface area contributed by atoms with Crippen LogP contribution in [-0.2, 0) is 49.4 Å². The molecule has 5 aromatic rings. The highest BCUT2D eigenvalue weighted by molar-refractivity contribution is 7.15. The molecule has 1 aromatic carbocycles. The van der Waals surface area contributed by atoms with E-state index in [0.717, 1.165) is 69.0 Å². The molecule has 0 saturated carbocycles. The van der Waals surface area contributed by atoms with E-state index in [4.69, 9.17) is 0 Å². The summed E-state index contributed by atoms with van der Waals surface area (Å²) in [4.78, 5) is 25.2. The van der Waals surface area contributed by atoms with Crippen molar-refractivity contribution in [3.63, 3.8) is 0 Å². The molecule has 0 aliphatic carbocycles. The molecular weight excluding hydrogens is 557 g/mol. The van der Waals surface area contributed by atoms with Crippen LogP contribution in [0.25, 0.3) is 17.0 Å². The van der Waals surface area contributed by atoms with Gasteiger partial charge in [-0.25, -0.2) is 0 Å². The maximum absolute atomic E-state index is 12.6. The first-order valence-electron chi connectivity index (χ1n) is 13.4. The second kappa shape index (κ2) is 12.6. The van der Waals surface area contributed by atoms with Gasteiger partial charge in [-0.05, 0) is 42.5 Å². The number of carbonyl (C=O) groups is 2. The number of fused-ring (bicyclic) bond motifs is 1. The molecular formula is C29H32N8O2S2. The smallest absolute Gasteiger partial charge is 0.230 e. The molecule has 0 atom stereocenters. The summed E-state index contributed by atoms with van der Waals surface area (Å²) < 4.78 is 4.03. The lowest BCUT2D eigenvalue weighted by atomic mass is 10.1. The number of hydrogen-bond donors (Lipinski definition) is 2. The van der Waals surface area contributed by atoms with Gasteiger partial charge in [0.25, 0.3) is 0 Å². The molecule has 0 aliphatic heterocycles. The van der Waals surface area contributed by atoms with E-state index in [1.165, 1.54) is 22.7 Å². The zero-order valence-corrected chi connectivity index (χ0v) is 24.9. The Balaban J connectivity index is 1.04. The molecule has 212 valence electrons. The monoisotopic (exact) mass is 588 g/mol. The number of anilines is 2. The number of para-hydroxylation sites is 1. The van der Waals surface area contributed by atoms with Crippen LogP contribution in [0.1, 0.15) is 45.2 Å². The number of aromatic nitrogens is 6. The van der Waals surface area contributed by atoms with Gasteiger partial charge in [0.2, 0.25) is 22.1 Å². The van der Waals surface area contributed by atoms with E-state index >= 15 is 0 Å². The topological polar surface area (TPSA) is 120 Å². The van der Waals surface area contributed by atoms with Crippen LogP contribution < -0.4 is 10.6 Å². The zero-order valence-electron chi connectivity index (χ0n) is 23.3. The fraction of sp³-hybridized carbons (Fsp3) is 0.310. The molecule has 0 unspecified atom stereocenters. The van der Waals surface area contributed by atoms with Gasteiger partial charge in [-0.1, -0.05) is 53.5 Å². The van der Waals surface area contributed by atoms with E-state index in [-0.39, 0.29) is 24.7 Å². The quantitative estimate of drug-likeness (QED) is 0.196. The highest BCUT2D eigenvalue weighted by atomic mass is 32.1. The fourth-order valence-corrected chi connectivity index (χ4v) is 6.44. The minimum Gasteiger partial charge on any atom is -0.354 e. The maximum atomic E-state index is 12.6. The Hall–Kier alpha value is -4.16. The average Bonchev–Trinajstić information content (AvgIpc) is 3.71. The van der Waals surface area contributed by atoms with Gasteiger partial charge in [-0.15, -0.1) is 20.4 Å². The van der Waals surface area contributed by atoms with E-state index in [2.05, 4.69) is 37.6 Å². The fourth-order valence-electron chi connectivity index (χ4n) is 4.84. The Kier molecular flexibility index (Phi) is 8.70. The number of unbranched alkanes of at least 4 members (excludes halogenated alkanes) is 1. The van der Waals surface area contributed by atoms with Crippen LogP contribution in [0.4, 0.5) is 10.3 Å². The molecule has 0 radical (unpaired) electrons. The van der Waals surface area contributed by atoms with Gasteiger partial charge >= 0.3 is 0 Å². The van der Waals surface area contributed by atoms with Gasteiger partial charge in [0.15, 0.2) is 0 Å². The number of nitrogens with one attached hydrogen (secondary N) is 2. The minimum atomic E-state index is -0.127. The Morgan fingerprint density at radius 2 is 1.41 bits per heavy atom. The van der Waals surface area contributed by atoms with E-state index in [0.29, 0.717) is 10.3 Å². The largest absolute Gasteiger partial charge is 0.354 e. The van der Waals surface area contributed by atoms with Crippen molar-refractivity contribution in [3.8, 4) is 0 Å². The zero-order chi connectivity index (χ0) is 28.9. The SMILES string of the molecule is C=Cc1c(CC(=O)Nc2nnc(CCCCc3nnc(NC(=O)Cc4cn(C)c5ccccc45)s3)s2)cn(C)c1C. The van der Waals surface area contributed by atoms with E-state index < -0.39 is 0 Å². The average molecular weight is 589 g/mol. The van der Waals surface area contributed by atoms with Crippen LogP contribution in [0.2, 0.25) is 0 Å². The molecule has 4 heterocycles. The number of carbonyl (C=O) groups excluding carboxylic acids is 2. The van der Waals surface area contributed by atoms with Crippen LogP contribution in [0.3, 0.4) is 0 Å². The summed E-state index contributed by atoms with van der Waals surface area (Å²) in [5, 5.41) is 26.3. The lowest BCUT2D eigenvalue weighted by molar-refractivity contribution is -0.116. The summed E-state index contributed by atoms with van der Waals surface area (Å²) >= 11 is 2.80. The van der Waals surface area contributed by atoms with Crippen LogP contribution in [0, 0.1) is 6.92 Å². The molecule has 0 fully saturated rings. The van der Waals surface area contributed by atoms with Crippen LogP contribution in [0.5, 0.6) is 0 Å². The Bertz CT molecular complexity index is 1710. The van der Waals surface area contributed by atoms with Gasteiger partial charge in [-0.3, -0.25) is 9.59 Å². The van der Waals surface area contributed by atoms with Gasteiger partial charge in [0.05, 0.1) is 12.8 Å². The summed E-state index contributed by atoms with van der Waals surface area (Å²) in [5.74, 6) is -0.235. The van der Waals surface area contributed by atoms with Crippen molar-refractivity contribution >= 4 is 61.7 Å². The van der Waals surface area contributed by atoms with Crippen molar-refractivity contribution in [2.45, 2.75) is 45.4 Å². The van der Waals surface area contributed by atoms with Gasteiger partial charge in [0, 0.05) is 55.9 Å². The summed E-state index contributed by atoms with van der Waals surface area (Å²) in [5.41, 5.74) is 5.09. The van der Waals surface area contributed by atoms with Crippen LogP contribution >= 0.6 is 22.7 Å². The third-order valence-corrected chi connectivity index (χ3v) is 8.75. The summed E-state index contributed by atoms with van der Waals surface area (Å²) in [6.07, 6.45) is 9.60. The normalized spacial score (nSPS) is 11.2. The molecule has 12 heteroatoms. The van der Waals surface area contributed by atoms with Crippen LogP contribution in [-0.4, -0.2) is 41.3 Å². The van der Waals surface area contributed by atoms with Crippen molar-refractivity contribution < 1.29 is 9.59 Å². The molecule has 0 bridgehead atoms. The second-order valence-corrected chi connectivity index (χ2v) is 12.0. The summed E-state index contributed by atoms with van der Waals surface area (Å²) in [6.45, 7) is 5.87. The molecule has 0 aliphatic rings. The molecule has 10 nitrogen and oxygen atoms in total. The lowest BCUT2D eigenvalue weighted by Gasteiger charge is -2.01. The molecule has 0 spiro atoms. The van der Waals surface area contributed by atoms with Crippen molar-refractivity contribution in [1.82, 2.24) is 29.5 Å². The van der Waals surface area contributed by atoms with Gasteiger partial charge in [0.1, 0.15) is 10.0 Å². The minimum absolute atomic E-state index is 0.108. The van der Waals surface area contributed by atoms with Gasteiger partial charge < -0.3 is 19.8 Å². The van der Waals surface area contributed by atoms with Crippen molar-refractivity contribution in [1.29, 1.82) is 0 Å². The lowest BCUT2D eigenvalue weighted by Crippen LogP contribution is -2.14. The van der Waals surface area contributed by atoms with E-state index in [1.54, 1.807) is 6.08 Å².